The number of nitrogens with zero attached hydrogens (tertiary/aromatic N) is 1. The Balaban J connectivity index is 2.34. The molecule has 0 fully saturated rings. The number of hydrogen-bond donors (Lipinski definition) is 1. The van der Waals surface area contributed by atoms with Crippen LogP contribution in [0.3, 0.4) is 0 Å². The van der Waals surface area contributed by atoms with Crippen LogP contribution in [0.2, 0.25) is 0 Å². The highest BCUT2D eigenvalue weighted by molar-refractivity contribution is 7.10. The molecule has 0 atom stereocenters. The van der Waals surface area contributed by atoms with E-state index in [9.17, 15) is 4.79 Å². The number of carbonyl (C=O) groups excluding carboxylic acids is 1. The number of aryl methyl sites for hydroxylation is 1. The van der Waals surface area contributed by atoms with E-state index in [1.54, 1.807) is 14.0 Å². The summed E-state index contributed by atoms with van der Waals surface area (Å²) in [6, 6.07) is 0. The first-order valence-electron chi connectivity index (χ1n) is 6.09. The lowest BCUT2D eigenvalue weighted by Crippen LogP contribution is -2.12. The second kappa shape index (κ2) is 8.05. The van der Waals surface area contributed by atoms with Crippen LogP contribution in [-0.2, 0) is 9.47 Å². The van der Waals surface area contributed by atoms with Gasteiger partial charge in [0.25, 0.3) is 0 Å². The molecule has 18 heavy (non-hydrogen) atoms. The van der Waals surface area contributed by atoms with Crippen LogP contribution in [0.15, 0.2) is 0 Å². The summed E-state index contributed by atoms with van der Waals surface area (Å²) in [5.74, 6) is -0.343. The van der Waals surface area contributed by atoms with E-state index in [0.717, 1.165) is 24.4 Å². The molecule has 1 aromatic rings. The Hall–Kier alpha value is -1.14. The molecule has 0 saturated heterocycles. The van der Waals surface area contributed by atoms with Gasteiger partial charge in [0.1, 0.15) is 17.2 Å². The Kier molecular flexibility index (Phi) is 6.67. The van der Waals surface area contributed by atoms with E-state index >= 15 is 0 Å². The molecular weight excluding hydrogens is 252 g/mol. The maximum Gasteiger partial charge on any atom is 0.343 e. The van der Waals surface area contributed by atoms with Crippen molar-refractivity contribution in [3.8, 4) is 0 Å². The number of hydrogen-bond acceptors (Lipinski definition) is 6. The molecule has 1 N–H and O–H groups in total. The molecule has 5 nitrogen and oxygen atoms in total. The van der Waals surface area contributed by atoms with E-state index in [-0.39, 0.29) is 12.6 Å². The third kappa shape index (κ3) is 4.27. The number of rotatable bonds is 8. The van der Waals surface area contributed by atoms with Gasteiger partial charge >= 0.3 is 5.97 Å². The number of nitrogens with one attached hydrogen (secondary N) is 1. The van der Waals surface area contributed by atoms with Gasteiger partial charge < -0.3 is 14.8 Å². The molecule has 1 rings (SSSR count). The van der Waals surface area contributed by atoms with Gasteiger partial charge in [0.2, 0.25) is 0 Å². The fraction of sp³-hybridized carbons (Fsp3) is 0.667. The second-order valence-electron chi connectivity index (χ2n) is 3.82. The van der Waals surface area contributed by atoms with Gasteiger partial charge in [-0.15, -0.1) is 0 Å². The van der Waals surface area contributed by atoms with Gasteiger partial charge in [-0.25, -0.2) is 4.79 Å². The maximum absolute atomic E-state index is 11.8. The normalized spacial score (nSPS) is 10.4. The van der Waals surface area contributed by atoms with Gasteiger partial charge in [-0.05, 0) is 24.9 Å². The lowest BCUT2D eigenvalue weighted by atomic mass is 10.2. The molecule has 0 aliphatic rings. The summed E-state index contributed by atoms with van der Waals surface area (Å²) < 4.78 is 14.6. The van der Waals surface area contributed by atoms with Gasteiger partial charge in [-0.3, -0.25) is 0 Å². The number of esters is 1. The molecule has 0 spiro atoms. The summed E-state index contributed by atoms with van der Waals surface area (Å²) in [5.41, 5.74) is 1.22. The van der Waals surface area contributed by atoms with Crippen molar-refractivity contribution in [3.05, 3.63) is 11.3 Å². The second-order valence-corrected chi connectivity index (χ2v) is 4.60. The number of ether oxygens (including phenoxy) is 2. The average Bonchev–Trinajstić information content (AvgIpc) is 2.74. The molecule has 6 heteroatoms. The molecule has 0 bridgehead atoms. The predicted octanol–water partition coefficient (Wildman–Crippen LogP) is 2.47. The Morgan fingerprint density at radius 3 is 2.83 bits per heavy atom. The molecule has 0 aromatic carbocycles. The van der Waals surface area contributed by atoms with Crippen LogP contribution in [-0.4, -0.2) is 37.2 Å². The van der Waals surface area contributed by atoms with Crippen LogP contribution in [0, 0.1) is 6.92 Å². The first kappa shape index (κ1) is 14.9. The standard InChI is InChI=1S/C12H20N2O3S/c1-4-5-6-16-7-8-17-12(15)10-9(2)14-18-11(10)13-3/h13H,4-8H2,1-3H3. The average molecular weight is 272 g/mol. The molecule has 1 aromatic heterocycles. The molecule has 0 radical (unpaired) electrons. The summed E-state index contributed by atoms with van der Waals surface area (Å²) in [7, 11) is 1.76. The summed E-state index contributed by atoms with van der Waals surface area (Å²) in [6.07, 6.45) is 2.14. The molecule has 1 heterocycles. The number of unbranched alkanes of at least 4 members (excludes halogenated alkanes) is 1. The fourth-order valence-corrected chi connectivity index (χ4v) is 2.13. The topological polar surface area (TPSA) is 60.5 Å². The zero-order chi connectivity index (χ0) is 13.4. The molecule has 102 valence electrons. The van der Waals surface area contributed by atoms with Crippen molar-refractivity contribution in [1.29, 1.82) is 0 Å². The van der Waals surface area contributed by atoms with E-state index in [4.69, 9.17) is 9.47 Å². The van der Waals surface area contributed by atoms with E-state index in [2.05, 4.69) is 16.6 Å². The minimum absolute atomic E-state index is 0.279. The number of carbonyl (C=O) groups is 1. The highest BCUT2D eigenvalue weighted by Crippen LogP contribution is 2.24. The molecule has 0 unspecified atom stereocenters. The van der Waals surface area contributed by atoms with Crippen LogP contribution < -0.4 is 5.32 Å². The van der Waals surface area contributed by atoms with Crippen molar-refractivity contribution in [2.75, 3.05) is 32.2 Å². The Morgan fingerprint density at radius 1 is 1.39 bits per heavy atom. The van der Waals surface area contributed by atoms with Crippen LogP contribution in [0.1, 0.15) is 35.8 Å². The van der Waals surface area contributed by atoms with Gasteiger partial charge in [0, 0.05) is 13.7 Å². The van der Waals surface area contributed by atoms with E-state index < -0.39 is 0 Å². The van der Waals surface area contributed by atoms with Crippen molar-refractivity contribution >= 4 is 22.5 Å². The molecule has 0 aliphatic heterocycles. The van der Waals surface area contributed by atoms with Crippen molar-refractivity contribution in [3.63, 3.8) is 0 Å². The third-order valence-electron chi connectivity index (χ3n) is 2.40. The Labute approximate surface area is 112 Å². The smallest absolute Gasteiger partial charge is 0.343 e. The molecular formula is C12H20N2O3S. The quantitative estimate of drug-likeness (QED) is 0.582. The highest BCUT2D eigenvalue weighted by Gasteiger charge is 2.18. The Bertz CT molecular complexity index is 379. The van der Waals surface area contributed by atoms with Crippen molar-refractivity contribution < 1.29 is 14.3 Å². The summed E-state index contributed by atoms with van der Waals surface area (Å²) in [5, 5.41) is 3.68. The molecule has 0 amide bonds. The van der Waals surface area contributed by atoms with Crippen molar-refractivity contribution in [1.82, 2.24) is 4.37 Å². The zero-order valence-electron chi connectivity index (χ0n) is 11.1. The summed E-state index contributed by atoms with van der Waals surface area (Å²) >= 11 is 1.26. The number of anilines is 1. The zero-order valence-corrected chi connectivity index (χ0v) is 11.9. The van der Waals surface area contributed by atoms with Crippen molar-refractivity contribution in [2.45, 2.75) is 26.7 Å². The summed E-state index contributed by atoms with van der Waals surface area (Å²) in [6.45, 7) is 5.34. The van der Waals surface area contributed by atoms with Crippen molar-refractivity contribution in [2.24, 2.45) is 0 Å². The lowest BCUT2D eigenvalue weighted by Gasteiger charge is -2.06. The lowest BCUT2D eigenvalue weighted by molar-refractivity contribution is 0.0314. The predicted molar refractivity (Wildman–Crippen MR) is 72.4 cm³/mol. The first-order chi connectivity index (χ1) is 8.70. The van der Waals surface area contributed by atoms with Crippen LogP contribution >= 0.6 is 11.5 Å². The SMILES string of the molecule is CCCCOCCOC(=O)c1c(C)nsc1NC. The summed E-state index contributed by atoms with van der Waals surface area (Å²) in [4.78, 5) is 11.8. The molecule has 0 aliphatic carbocycles. The van der Waals surface area contributed by atoms with E-state index in [1.807, 2.05) is 0 Å². The molecule has 0 saturated carbocycles. The van der Waals surface area contributed by atoms with Crippen LogP contribution in [0.25, 0.3) is 0 Å². The van der Waals surface area contributed by atoms with Gasteiger partial charge in [-0.2, -0.15) is 4.37 Å². The van der Waals surface area contributed by atoms with Gasteiger partial charge in [-0.1, -0.05) is 13.3 Å². The van der Waals surface area contributed by atoms with E-state index in [0.29, 0.717) is 17.9 Å². The largest absolute Gasteiger partial charge is 0.460 e. The minimum Gasteiger partial charge on any atom is -0.460 e. The monoisotopic (exact) mass is 272 g/mol. The van der Waals surface area contributed by atoms with E-state index in [1.165, 1.54) is 11.5 Å². The van der Waals surface area contributed by atoms with Crippen LogP contribution in [0.4, 0.5) is 5.00 Å². The fourth-order valence-electron chi connectivity index (χ4n) is 1.39. The van der Waals surface area contributed by atoms with Crippen LogP contribution in [0.5, 0.6) is 0 Å². The first-order valence-corrected chi connectivity index (χ1v) is 6.87. The third-order valence-corrected chi connectivity index (χ3v) is 3.35. The van der Waals surface area contributed by atoms with Gasteiger partial charge in [0.05, 0.1) is 12.3 Å². The Morgan fingerprint density at radius 2 is 2.17 bits per heavy atom. The van der Waals surface area contributed by atoms with Gasteiger partial charge in [0.15, 0.2) is 0 Å². The number of aromatic nitrogens is 1. The maximum atomic E-state index is 11.8. The highest BCUT2D eigenvalue weighted by atomic mass is 32.1. The minimum atomic E-state index is -0.343.